The van der Waals surface area contributed by atoms with Crippen LogP contribution in [0.1, 0.15) is 31.2 Å². The Morgan fingerprint density at radius 2 is 1.87 bits per heavy atom. The summed E-state index contributed by atoms with van der Waals surface area (Å²) in [5.74, 6) is -0.146. The van der Waals surface area contributed by atoms with E-state index in [1.54, 1.807) is 18.5 Å². The molecule has 3 rings (SSSR count). The van der Waals surface area contributed by atoms with E-state index in [1.807, 2.05) is 24.3 Å². The lowest BCUT2D eigenvalue weighted by Gasteiger charge is -2.22. The van der Waals surface area contributed by atoms with Crippen molar-refractivity contribution in [1.29, 1.82) is 0 Å². The summed E-state index contributed by atoms with van der Waals surface area (Å²) in [4.78, 5) is 6.34. The van der Waals surface area contributed by atoms with Gasteiger partial charge in [-0.25, -0.2) is 4.39 Å². The van der Waals surface area contributed by atoms with Crippen molar-refractivity contribution in [2.75, 3.05) is 13.2 Å². The van der Waals surface area contributed by atoms with E-state index in [4.69, 9.17) is 5.11 Å². The van der Waals surface area contributed by atoms with Gasteiger partial charge in [0.1, 0.15) is 5.82 Å². The van der Waals surface area contributed by atoms with E-state index in [0.717, 1.165) is 36.1 Å². The van der Waals surface area contributed by atoms with Gasteiger partial charge in [-0.05, 0) is 61.6 Å². The Morgan fingerprint density at radius 3 is 2.52 bits per heavy atom. The first-order valence-electron chi connectivity index (χ1n) is 8.31. The van der Waals surface area contributed by atoms with Crippen LogP contribution in [-0.4, -0.2) is 34.2 Å². The van der Waals surface area contributed by atoms with Gasteiger partial charge in [0.05, 0.1) is 0 Å². The van der Waals surface area contributed by atoms with Gasteiger partial charge in [-0.1, -0.05) is 12.1 Å². The number of benzene rings is 1. The number of hydrogen-bond donors (Lipinski definition) is 1. The highest BCUT2D eigenvalue weighted by molar-refractivity contribution is 5.63. The van der Waals surface area contributed by atoms with Crippen molar-refractivity contribution < 1.29 is 9.50 Å². The van der Waals surface area contributed by atoms with Crippen LogP contribution < -0.4 is 0 Å². The van der Waals surface area contributed by atoms with Crippen LogP contribution in [0, 0.1) is 5.82 Å². The van der Waals surface area contributed by atoms with Gasteiger partial charge in [0, 0.05) is 37.2 Å². The Bertz CT molecular complexity index is 629. The summed E-state index contributed by atoms with van der Waals surface area (Å²) in [6.45, 7) is 1.81. The van der Waals surface area contributed by atoms with Crippen LogP contribution in [-0.2, 0) is 6.54 Å². The van der Waals surface area contributed by atoms with E-state index in [1.165, 1.54) is 12.8 Å². The lowest BCUT2D eigenvalue weighted by atomic mass is 10.0. The fraction of sp³-hybridized carbons (Fsp3) is 0.421. The van der Waals surface area contributed by atoms with Crippen molar-refractivity contribution in [2.45, 2.75) is 38.3 Å². The topological polar surface area (TPSA) is 36.4 Å². The number of aliphatic hydroxyl groups is 1. The number of nitrogens with zero attached hydrogens (tertiary/aromatic N) is 2. The number of aliphatic hydroxyl groups excluding tert-OH is 1. The molecule has 0 radical (unpaired) electrons. The number of unbranched alkanes of at least 4 members (excludes halogenated alkanes) is 1. The average Bonchev–Trinajstić information content (AvgIpc) is 3.41. The highest BCUT2D eigenvalue weighted by Gasteiger charge is 2.28. The molecule has 1 fully saturated rings. The molecule has 0 aliphatic heterocycles. The van der Waals surface area contributed by atoms with Gasteiger partial charge in [-0.3, -0.25) is 9.88 Å². The van der Waals surface area contributed by atoms with E-state index >= 15 is 0 Å². The molecule has 23 heavy (non-hydrogen) atoms. The summed E-state index contributed by atoms with van der Waals surface area (Å²) in [6, 6.07) is 9.86. The van der Waals surface area contributed by atoms with Gasteiger partial charge in [0.2, 0.25) is 0 Å². The highest BCUT2D eigenvalue weighted by atomic mass is 19.1. The fourth-order valence-electron chi connectivity index (χ4n) is 2.88. The minimum atomic E-state index is -0.146. The second kappa shape index (κ2) is 7.66. The molecule has 4 heteroatoms. The normalized spacial score (nSPS) is 14.4. The third-order valence-electron chi connectivity index (χ3n) is 4.36. The summed E-state index contributed by atoms with van der Waals surface area (Å²) in [6.07, 6.45) is 7.62. The molecule has 1 aliphatic rings. The molecule has 1 N–H and O–H groups in total. The Hall–Kier alpha value is -1.78. The molecule has 1 aromatic carbocycles. The van der Waals surface area contributed by atoms with Gasteiger partial charge in [0.25, 0.3) is 0 Å². The second-order valence-electron chi connectivity index (χ2n) is 6.17. The minimum absolute atomic E-state index is 0.146. The first-order valence-corrected chi connectivity index (χ1v) is 8.31. The predicted octanol–water partition coefficient (Wildman–Crippen LogP) is 3.62. The zero-order valence-electron chi connectivity index (χ0n) is 13.3. The van der Waals surface area contributed by atoms with E-state index in [-0.39, 0.29) is 12.4 Å². The quantitative estimate of drug-likeness (QED) is 0.756. The summed E-state index contributed by atoms with van der Waals surface area (Å²) in [7, 11) is 0. The predicted molar refractivity (Wildman–Crippen MR) is 89.4 cm³/mol. The first kappa shape index (κ1) is 16.1. The number of pyridine rings is 1. The number of halogens is 1. The molecule has 0 bridgehead atoms. The summed E-state index contributed by atoms with van der Waals surface area (Å²) >= 11 is 0. The first-order chi connectivity index (χ1) is 11.3. The van der Waals surface area contributed by atoms with E-state index in [9.17, 15) is 4.39 Å². The monoisotopic (exact) mass is 314 g/mol. The molecule has 0 spiro atoms. The molecule has 122 valence electrons. The molecule has 2 aromatic rings. The molecule has 1 heterocycles. The van der Waals surface area contributed by atoms with Crippen LogP contribution in [0.25, 0.3) is 11.1 Å². The average molecular weight is 314 g/mol. The molecule has 1 saturated carbocycles. The van der Waals surface area contributed by atoms with Crippen molar-refractivity contribution in [2.24, 2.45) is 0 Å². The highest BCUT2D eigenvalue weighted by Crippen LogP contribution is 2.30. The van der Waals surface area contributed by atoms with E-state index in [2.05, 4.69) is 9.88 Å². The Balaban J connectivity index is 1.70. The van der Waals surface area contributed by atoms with Gasteiger partial charge < -0.3 is 5.11 Å². The minimum Gasteiger partial charge on any atom is -0.396 e. The summed E-state index contributed by atoms with van der Waals surface area (Å²) < 4.78 is 14.5. The van der Waals surface area contributed by atoms with Crippen LogP contribution in [0.4, 0.5) is 4.39 Å². The van der Waals surface area contributed by atoms with Gasteiger partial charge >= 0.3 is 0 Å². The van der Waals surface area contributed by atoms with Crippen molar-refractivity contribution in [3.05, 3.63) is 54.1 Å². The fourth-order valence-corrected chi connectivity index (χ4v) is 2.88. The van der Waals surface area contributed by atoms with Crippen molar-refractivity contribution in [3.8, 4) is 11.1 Å². The summed E-state index contributed by atoms with van der Waals surface area (Å²) in [5, 5.41) is 8.92. The van der Waals surface area contributed by atoms with Crippen molar-refractivity contribution >= 4 is 0 Å². The van der Waals surface area contributed by atoms with Gasteiger partial charge in [-0.2, -0.15) is 0 Å². The van der Waals surface area contributed by atoms with Crippen LogP contribution in [0.3, 0.4) is 0 Å². The van der Waals surface area contributed by atoms with Crippen LogP contribution in [0.5, 0.6) is 0 Å². The van der Waals surface area contributed by atoms with Gasteiger partial charge in [-0.15, -0.1) is 0 Å². The number of hydrogen-bond acceptors (Lipinski definition) is 3. The molecular weight excluding hydrogens is 291 g/mol. The lowest BCUT2D eigenvalue weighted by molar-refractivity contribution is 0.226. The second-order valence-corrected chi connectivity index (χ2v) is 6.17. The molecule has 0 unspecified atom stereocenters. The molecular formula is C19H23FN2O. The largest absolute Gasteiger partial charge is 0.396 e. The third kappa shape index (κ3) is 4.36. The molecule has 1 aliphatic carbocycles. The Kier molecular flexibility index (Phi) is 5.36. The van der Waals surface area contributed by atoms with Crippen LogP contribution in [0.15, 0.2) is 42.7 Å². The van der Waals surface area contributed by atoms with E-state index < -0.39 is 0 Å². The maximum absolute atomic E-state index is 14.5. The van der Waals surface area contributed by atoms with Crippen LogP contribution in [0.2, 0.25) is 0 Å². The van der Waals surface area contributed by atoms with Crippen molar-refractivity contribution in [3.63, 3.8) is 0 Å². The Morgan fingerprint density at radius 1 is 1.09 bits per heavy atom. The molecule has 0 amide bonds. The summed E-state index contributed by atoms with van der Waals surface area (Å²) in [5.41, 5.74) is 2.61. The maximum atomic E-state index is 14.5. The van der Waals surface area contributed by atoms with Gasteiger partial charge in [0.15, 0.2) is 0 Å². The SMILES string of the molecule is OCCCCN(Cc1ccc(-c2ccncc2)cc1F)C1CC1. The zero-order valence-corrected chi connectivity index (χ0v) is 13.3. The molecule has 0 atom stereocenters. The number of aromatic nitrogens is 1. The van der Waals surface area contributed by atoms with Crippen molar-refractivity contribution in [1.82, 2.24) is 9.88 Å². The van der Waals surface area contributed by atoms with Crippen LogP contribution >= 0.6 is 0 Å². The maximum Gasteiger partial charge on any atom is 0.128 e. The Labute approximate surface area is 136 Å². The van der Waals surface area contributed by atoms with E-state index in [0.29, 0.717) is 12.6 Å². The number of rotatable bonds is 8. The lowest BCUT2D eigenvalue weighted by Crippen LogP contribution is -2.27. The smallest absolute Gasteiger partial charge is 0.128 e. The third-order valence-corrected chi connectivity index (χ3v) is 4.36. The zero-order chi connectivity index (χ0) is 16.1. The molecule has 1 aromatic heterocycles. The molecule has 3 nitrogen and oxygen atoms in total. The molecule has 0 saturated heterocycles. The standard InChI is InChI=1S/C19H23FN2O/c20-19-13-16(15-7-9-21-10-8-15)3-4-17(19)14-22(18-5-6-18)11-1-2-12-23/h3-4,7-10,13,18,23H,1-2,5-6,11-12,14H2.